The van der Waals surface area contributed by atoms with Crippen LogP contribution < -0.4 is 4.74 Å². The van der Waals surface area contributed by atoms with E-state index in [4.69, 9.17) is 9.26 Å². The normalized spacial score (nSPS) is 17.4. The molecule has 0 bridgehead atoms. The maximum atomic E-state index is 13.2. The number of hydrogen-bond acceptors (Lipinski definition) is 7. The van der Waals surface area contributed by atoms with Crippen molar-refractivity contribution in [3.63, 3.8) is 0 Å². The molecule has 2 aliphatic heterocycles. The highest BCUT2D eigenvalue weighted by molar-refractivity contribution is 7.89. The average molecular weight is 511 g/mol. The number of carbonyl (C=O) groups is 1. The number of aryl methyl sites for hydroxylation is 1. The van der Waals surface area contributed by atoms with Crippen molar-refractivity contribution in [1.82, 2.24) is 19.3 Å². The second-order valence-electron chi connectivity index (χ2n) is 9.35. The molecule has 5 rings (SSSR count). The summed E-state index contributed by atoms with van der Waals surface area (Å²) in [4.78, 5) is 19.1. The largest absolute Gasteiger partial charge is 0.484 e. The molecular formula is C26H30N4O5S. The number of likely N-dealkylation sites (tertiary alicyclic amines) is 1. The van der Waals surface area contributed by atoms with Crippen molar-refractivity contribution in [2.45, 2.75) is 44.1 Å². The molecule has 0 saturated carbocycles. The third kappa shape index (κ3) is 5.29. The van der Waals surface area contributed by atoms with Crippen molar-refractivity contribution >= 4 is 15.9 Å². The van der Waals surface area contributed by atoms with Gasteiger partial charge in [0.05, 0.1) is 4.90 Å². The van der Waals surface area contributed by atoms with Gasteiger partial charge < -0.3 is 14.2 Å². The van der Waals surface area contributed by atoms with Gasteiger partial charge in [0.1, 0.15) is 5.75 Å². The smallest absolute Gasteiger partial charge is 0.264 e. The number of ether oxygens (including phenoxy) is 1. The van der Waals surface area contributed by atoms with Crippen molar-refractivity contribution in [2.24, 2.45) is 5.92 Å². The van der Waals surface area contributed by atoms with Gasteiger partial charge in [-0.15, -0.1) is 0 Å². The highest BCUT2D eigenvalue weighted by atomic mass is 32.2. The lowest BCUT2D eigenvalue weighted by atomic mass is 9.97. The van der Waals surface area contributed by atoms with Gasteiger partial charge in [0, 0.05) is 37.7 Å². The molecule has 0 radical (unpaired) electrons. The van der Waals surface area contributed by atoms with Gasteiger partial charge in [0.2, 0.25) is 21.8 Å². The number of sulfonamides is 1. The molecule has 2 aliphatic rings. The zero-order chi connectivity index (χ0) is 25.1. The maximum absolute atomic E-state index is 13.2. The molecular weight excluding hydrogens is 480 g/mol. The van der Waals surface area contributed by atoms with Crippen LogP contribution in [0.1, 0.15) is 37.1 Å². The summed E-state index contributed by atoms with van der Waals surface area (Å²) in [6, 6.07) is 14.1. The predicted octanol–water partition coefficient (Wildman–Crippen LogP) is 3.65. The molecule has 2 aromatic carbocycles. The molecule has 36 heavy (non-hydrogen) atoms. The Balaban J connectivity index is 1.19. The number of aromatic nitrogens is 2. The molecule has 0 atom stereocenters. The van der Waals surface area contributed by atoms with Crippen LogP contribution in [0.2, 0.25) is 0 Å². The van der Waals surface area contributed by atoms with Gasteiger partial charge in [-0.1, -0.05) is 17.3 Å². The lowest BCUT2D eigenvalue weighted by molar-refractivity contribution is -0.135. The van der Waals surface area contributed by atoms with E-state index in [9.17, 15) is 13.2 Å². The average Bonchev–Trinajstić information content (AvgIpc) is 3.60. The van der Waals surface area contributed by atoms with Crippen molar-refractivity contribution in [3.05, 3.63) is 60.0 Å². The van der Waals surface area contributed by atoms with Crippen LogP contribution in [0, 0.1) is 12.8 Å². The Hall–Kier alpha value is -3.24. The minimum atomic E-state index is -3.64. The first-order valence-electron chi connectivity index (χ1n) is 12.3. The second kappa shape index (κ2) is 10.4. The summed E-state index contributed by atoms with van der Waals surface area (Å²) in [5, 5.41) is 3.99. The zero-order valence-electron chi connectivity index (χ0n) is 20.3. The number of hydrogen-bond donors (Lipinski definition) is 0. The van der Waals surface area contributed by atoms with Crippen LogP contribution in [-0.4, -0.2) is 59.8 Å². The van der Waals surface area contributed by atoms with E-state index in [-0.39, 0.29) is 23.3 Å². The third-order valence-corrected chi connectivity index (χ3v) is 8.70. The topological polar surface area (TPSA) is 106 Å². The summed E-state index contributed by atoms with van der Waals surface area (Å²) in [5.41, 5.74) is 1.74. The Labute approximate surface area is 211 Å². The Morgan fingerprint density at radius 1 is 1.06 bits per heavy atom. The number of nitrogens with zero attached hydrogens (tertiary/aromatic N) is 4. The van der Waals surface area contributed by atoms with Crippen LogP contribution in [0.5, 0.6) is 5.75 Å². The van der Waals surface area contributed by atoms with Crippen LogP contribution in [0.4, 0.5) is 0 Å². The molecule has 0 N–H and O–H groups in total. The molecule has 0 spiro atoms. The molecule has 10 heteroatoms. The Morgan fingerprint density at radius 2 is 1.78 bits per heavy atom. The van der Waals surface area contributed by atoms with E-state index >= 15 is 0 Å². The fourth-order valence-electron chi connectivity index (χ4n) is 4.74. The quantitative estimate of drug-likeness (QED) is 0.478. The number of carbonyl (C=O) groups excluding carboxylic acids is 1. The lowest BCUT2D eigenvalue weighted by Gasteiger charge is -2.32. The van der Waals surface area contributed by atoms with Gasteiger partial charge in [-0.05, 0) is 74.6 Å². The van der Waals surface area contributed by atoms with Crippen LogP contribution in [0.3, 0.4) is 0 Å². The van der Waals surface area contributed by atoms with Crippen LogP contribution >= 0.6 is 0 Å². The number of amides is 1. The molecule has 2 fully saturated rings. The van der Waals surface area contributed by atoms with Gasteiger partial charge in [-0.2, -0.15) is 9.29 Å². The highest BCUT2D eigenvalue weighted by Gasteiger charge is 2.34. The van der Waals surface area contributed by atoms with Crippen molar-refractivity contribution < 1.29 is 22.5 Å². The van der Waals surface area contributed by atoms with E-state index in [0.29, 0.717) is 49.0 Å². The van der Waals surface area contributed by atoms with E-state index in [0.717, 1.165) is 31.5 Å². The number of piperidine rings is 1. The predicted molar refractivity (Wildman–Crippen MR) is 133 cm³/mol. The minimum absolute atomic E-state index is 0.0840. The monoisotopic (exact) mass is 510 g/mol. The molecule has 190 valence electrons. The van der Waals surface area contributed by atoms with E-state index in [1.54, 1.807) is 24.3 Å². The first-order valence-corrected chi connectivity index (χ1v) is 13.8. The molecule has 3 heterocycles. The first-order chi connectivity index (χ1) is 17.4. The van der Waals surface area contributed by atoms with Crippen molar-refractivity contribution in [2.75, 3.05) is 26.2 Å². The molecule has 2 saturated heterocycles. The molecule has 1 amide bonds. The van der Waals surface area contributed by atoms with Crippen LogP contribution in [0.15, 0.2) is 57.9 Å². The first kappa shape index (κ1) is 24.5. The summed E-state index contributed by atoms with van der Waals surface area (Å²) < 4.78 is 38.8. The van der Waals surface area contributed by atoms with Gasteiger partial charge in [-0.25, -0.2) is 8.42 Å². The molecule has 1 aromatic heterocycles. The van der Waals surface area contributed by atoms with Gasteiger partial charge in [-0.3, -0.25) is 4.79 Å². The Kier molecular flexibility index (Phi) is 7.06. The number of rotatable bonds is 7. The summed E-state index contributed by atoms with van der Waals surface area (Å²) in [7, 11) is -3.64. The standard InChI is InChI=1S/C26H30N4O5S/c1-19-5-4-6-22(17-19)34-18-24-27-25(28-35-24)20-7-9-23(10-8-20)36(32,33)30-15-11-21(12-16-30)26(31)29-13-2-3-14-29/h4-10,17,21H,2-3,11-16,18H2,1H3. The summed E-state index contributed by atoms with van der Waals surface area (Å²) in [6.07, 6.45) is 3.23. The Morgan fingerprint density at radius 3 is 2.47 bits per heavy atom. The summed E-state index contributed by atoms with van der Waals surface area (Å²) >= 11 is 0. The van der Waals surface area contributed by atoms with Gasteiger partial charge in [0.25, 0.3) is 5.89 Å². The SMILES string of the molecule is Cc1cccc(OCc2nc(-c3ccc(S(=O)(=O)N4CCC(C(=O)N5CCCC5)CC4)cc3)no2)c1. The lowest BCUT2D eigenvalue weighted by Crippen LogP contribution is -2.43. The number of benzene rings is 2. The van der Waals surface area contributed by atoms with Gasteiger partial charge in [0.15, 0.2) is 6.61 Å². The van der Waals surface area contributed by atoms with Crippen molar-refractivity contribution in [1.29, 1.82) is 0 Å². The second-order valence-corrected chi connectivity index (χ2v) is 11.3. The van der Waals surface area contributed by atoms with E-state index in [2.05, 4.69) is 10.1 Å². The molecule has 0 aliphatic carbocycles. The molecule has 3 aromatic rings. The van der Waals surface area contributed by atoms with Gasteiger partial charge >= 0.3 is 0 Å². The minimum Gasteiger partial charge on any atom is -0.484 e. The van der Waals surface area contributed by atoms with E-state index in [1.165, 1.54) is 4.31 Å². The fraction of sp³-hybridized carbons (Fsp3) is 0.423. The highest BCUT2D eigenvalue weighted by Crippen LogP contribution is 2.27. The van der Waals surface area contributed by atoms with Crippen LogP contribution in [-0.2, 0) is 21.4 Å². The zero-order valence-corrected chi connectivity index (χ0v) is 21.1. The maximum Gasteiger partial charge on any atom is 0.264 e. The third-order valence-electron chi connectivity index (χ3n) is 6.79. The Bertz CT molecular complexity index is 1310. The fourth-order valence-corrected chi connectivity index (χ4v) is 6.21. The van der Waals surface area contributed by atoms with Crippen LogP contribution in [0.25, 0.3) is 11.4 Å². The van der Waals surface area contributed by atoms with Crippen molar-refractivity contribution in [3.8, 4) is 17.1 Å². The molecule has 9 nitrogen and oxygen atoms in total. The summed E-state index contributed by atoms with van der Waals surface area (Å²) in [5.74, 6) is 1.50. The molecule has 0 unspecified atom stereocenters. The van der Waals surface area contributed by atoms with E-state index in [1.807, 2.05) is 36.1 Å². The summed E-state index contributed by atoms with van der Waals surface area (Å²) in [6.45, 7) is 4.47. The van der Waals surface area contributed by atoms with E-state index < -0.39 is 10.0 Å².